The lowest BCUT2D eigenvalue weighted by atomic mass is 9.99. The van der Waals surface area contributed by atoms with Crippen LogP contribution in [0, 0.1) is 0 Å². The number of fused-ring (bicyclic) bond motifs is 3. The molecule has 1 amide bonds. The number of rotatable bonds is 8. The van der Waals surface area contributed by atoms with Gasteiger partial charge in [-0.05, 0) is 47.7 Å². The van der Waals surface area contributed by atoms with Crippen LogP contribution < -0.4 is 10.6 Å². The Hall–Kier alpha value is -2.94. The first-order valence-corrected chi connectivity index (χ1v) is 9.38. The van der Waals surface area contributed by atoms with Crippen LogP contribution in [0.4, 0.5) is 10.5 Å². The van der Waals surface area contributed by atoms with Crippen molar-refractivity contribution in [2.45, 2.75) is 31.4 Å². The molecule has 0 spiro atoms. The summed E-state index contributed by atoms with van der Waals surface area (Å²) in [5.74, 6) is -1.59. The molecular formula is C21H24N2O6. The maximum atomic E-state index is 12.7. The van der Waals surface area contributed by atoms with Crippen LogP contribution in [0.5, 0.6) is 0 Å². The fourth-order valence-corrected chi connectivity index (χ4v) is 3.75. The Morgan fingerprint density at radius 3 is 2.52 bits per heavy atom. The average Bonchev–Trinajstić information content (AvgIpc) is 3.08. The summed E-state index contributed by atoms with van der Waals surface area (Å²) in [6.07, 6.45) is -0.136. The van der Waals surface area contributed by atoms with E-state index in [1.165, 1.54) is 0 Å². The zero-order valence-corrected chi connectivity index (χ0v) is 15.9. The SMILES string of the molecule is NCCCC[C@@](O)(C(=O)O)N(C(=O)OCO)c1cccc2c1Cc1ccccc1-2. The Kier molecular flexibility index (Phi) is 6.17. The zero-order chi connectivity index (χ0) is 21.0. The number of aliphatic hydroxyl groups is 2. The summed E-state index contributed by atoms with van der Waals surface area (Å²) in [7, 11) is 0. The number of nitrogens with two attached hydrogens (primary N) is 1. The normalized spacial score (nSPS) is 13.9. The van der Waals surface area contributed by atoms with Crippen LogP contribution >= 0.6 is 0 Å². The van der Waals surface area contributed by atoms with Gasteiger partial charge in [0.25, 0.3) is 0 Å². The number of carbonyl (C=O) groups excluding carboxylic acids is 1. The molecule has 0 fully saturated rings. The number of hydrogen-bond acceptors (Lipinski definition) is 6. The van der Waals surface area contributed by atoms with Crippen molar-refractivity contribution in [3.05, 3.63) is 53.6 Å². The summed E-state index contributed by atoms with van der Waals surface area (Å²) in [5.41, 5.74) is 6.75. The lowest BCUT2D eigenvalue weighted by Gasteiger charge is -2.36. The first-order chi connectivity index (χ1) is 13.9. The number of hydrogen-bond donors (Lipinski definition) is 4. The molecule has 29 heavy (non-hydrogen) atoms. The third-order valence-corrected chi connectivity index (χ3v) is 5.13. The molecule has 154 valence electrons. The van der Waals surface area contributed by atoms with Gasteiger partial charge >= 0.3 is 12.1 Å². The minimum atomic E-state index is -2.55. The standard InChI is InChI=1S/C21H24N2O6/c22-11-4-3-10-21(28,19(25)26)23(20(27)29-13-24)18-9-5-8-16-15-7-2-1-6-14(15)12-17(16)18/h1-2,5-9,24,28H,3-4,10-13,22H2,(H,25,26)/t21-/m1/s1. The molecule has 0 radical (unpaired) electrons. The highest BCUT2D eigenvalue weighted by Gasteiger charge is 2.48. The maximum absolute atomic E-state index is 12.7. The lowest BCUT2D eigenvalue weighted by Crippen LogP contribution is -2.58. The molecule has 1 aliphatic rings. The van der Waals surface area contributed by atoms with Gasteiger partial charge in [0.2, 0.25) is 5.72 Å². The number of aliphatic hydroxyl groups excluding tert-OH is 1. The van der Waals surface area contributed by atoms with E-state index >= 15 is 0 Å². The third-order valence-electron chi connectivity index (χ3n) is 5.13. The zero-order valence-electron chi connectivity index (χ0n) is 15.9. The Morgan fingerprint density at radius 2 is 1.83 bits per heavy atom. The average molecular weight is 400 g/mol. The second kappa shape index (κ2) is 8.60. The summed E-state index contributed by atoms with van der Waals surface area (Å²) in [6.45, 7) is -0.615. The van der Waals surface area contributed by atoms with E-state index < -0.39 is 24.6 Å². The molecule has 1 atom stereocenters. The first kappa shape index (κ1) is 20.8. The fourth-order valence-electron chi connectivity index (χ4n) is 3.75. The van der Waals surface area contributed by atoms with Crippen molar-refractivity contribution in [2.24, 2.45) is 5.73 Å². The second-order valence-electron chi connectivity index (χ2n) is 6.88. The number of carbonyl (C=O) groups is 2. The smallest absolute Gasteiger partial charge is 0.419 e. The van der Waals surface area contributed by atoms with Gasteiger partial charge < -0.3 is 25.8 Å². The number of amides is 1. The Morgan fingerprint density at radius 1 is 1.10 bits per heavy atom. The van der Waals surface area contributed by atoms with E-state index in [0.29, 0.717) is 24.9 Å². The highest BCUT2D eigenvalue weighted by atomic mass is 16.6. The second-order valence-corrected chi connectivity index (χ2v) is 6.88. The van der Waals surface area contributed by atoms with E-state index in [-0.39, 0.29) is 18.5 Å². The molecule has 8 heteroatoms. The van der Waals surface area contributed by atoms with Gasteiger partial charge in [-0.3, -0.25) is 0 Å². The Bertz CT molecular complexity index is 916. The number of unbranched alkanes of at least 4 members (excludes halogenated alkanes) is 1. The molecule has 5 N–H and O–H groups in total. The number of carboxylic acid groups (broad SMARTS) is 1. The van der Waals surface area contributed by atoms with Crippen LogP contribution in [0.1, 0.15) is 30.4 Å². The molecule has 3 rings (SSSR count). The summed E-state index contributed by atoms with van der Waals surface area (Å²) in [6, 6.07) is 12.9. The third kappa shape index (κ3) is 3.82. The molecule has 2 aromatic rings. The van der Waals surface area contributed by atoms with E-state index in [9.17, 15) is 19.8 Å². The lowest BCUT2D eigenvalue weighted by molar-refractivity contribution is -0.159. The van der Waals surface area contributed by atoms with E-state index in [1.54, 1.807) is 12.1 Å². The first-order valence-electron chi connectivity index (χ1n) is 9.38. The van der Waals surface area contributed by atoms with Crippen molar-refractivity contribution in [1.82, 2.24) is 0 Å². The molecule has 0 bridgehead atoms. The molecule has 0 saturated carbocycles. The number of aliphatic carboxylic acids is 1. The Balaban J connectivity index is 2.12. The molecule has 8 nitrogen and oxygen atoms in total. The van der Waals surface area contributed by atoms with E-state index in [1.807, 2.05) is 30.3 Å². The predicted molar refractivity (Wildman–Crippen MR) is 106 cm³/mol. The van der Waals surface area contributed by atoms with Crippen LogP contribution in [0.3, 0.4) is 0 Å². The maximum Gasteiger partial charge on any atom is 0.419 e. The van der Waals surface area contributed by atoms with Crippen molar-refractivity contribution >= 4 is 17.7 Å². The number of anilines is 1. The van der Waals surface area contributed by atoms with E-state index in [4.69, 9.17) is 15.6 Å². The molecule has 0 saturated heterocycles. The summed E-state index contributed by atoms with van der Waals surface area (Å²) >= 11 is 0. The van der Waals surface area contributed by atoms with Crippen LogP contribution in [-0.2, 0) is 16.0 Å². The number of carboxylic acids is 1. The number of benzene rings is 2. The fraction of sp³-hybridized carbons (Fsp3) is 0.333. The minimum absolute atomic E-state index is 0.231. The summed E-state index contributed by atoms with van der Waals surface area (Å²) < 4.78 is 4.69. The van der Waals surface area contributed by atoms with Gasteiger partial charge in [0.15, 0.2) is 6.79 Å². The highest BCUT2D eigenvalue weighted by molar-refractivity contribution is 5.99. The van der Waals surface area contributed by atoms with E-state index in [2.05, 4.69) is 0 Å². The molecule has 0 heterocycles. The minimum Gasteiger partial charge on any atom is -0.478 e. The van der Waals surface area contributed by atoms with Gasteiger partial charge in [0, 0.05) is 12.8 Å². The number of ether oxygens (including phenoxy) is 1. The molecule has 0 unspecified atom stereocenters. The largest absolute Gasteiger partial charge is 0.478 e. The van der Waals surface area contributed by atoms with Crippen molar-refractivity contribution in [3.8, 4) is 11.1 Å². The van der Waals surface area contributed by atoms with Gasteiger partial charge in [-0.2, -0.15) is 0 Å². The van der Waals surface area contributed by atoms with Crippen LogP contribution in [0.2, 0.25) is 0 Å². The monoisotopic (exact) mass is 400 g/mol. The van der Waals surface area contributed by atoms with E-state index in [0.717, 1.165) is 21.6 Å². The quantitative estimate of drug-likeness (QED) is 0.336. The van der Waals surface area contributed by atoms with Gasteiger partial charge in [-0.25, -0.2) is 14.5 Å². The molecule has 0 aliphatic heterocycles. The molecule has 0 aromatic heterocycles. The van der Waals surface area contributed by atoms with Crippen LogP contribution in [0.25, 0.3) is 11.1 Å². The van der Waals surface area contributed by atoms with Gasteiger partial charge in [0.1, 0.15) is 0 Å². The van der Waals surface area contributed by atoms with Crippen LogP contribution in [-0.4, -0.2) is 46.4 Å². The van der Waals surface area contributed by atoms with Crippen LogP contribution in [0.15, 0.2) is 42.5 Å². The summed E-state index contributed by atoms with van der Waals surface area (Å²) in [5, 5.41) is 30.0. The van der Waals surface area contributed by atoms with Crippen molar-refractivity contribution < 1.29 is 29.6 Å². The van der Waals surface area contributed by atoms with Gasteiger partial charge in [-0.1, -0.05) is 36.4 Å². The molecule has 2 aromatic carbocycles. The van der Waals surface area contributed by atoms with Crippen molar-refractivity contribution in [2.75, 3.05) is 18.2 Å². The number of nitrogens with zero attached hydrogens (tertiary/aromatic N) is 1. The van der Waals surface area contributed by atoms with Gasteiger partial charge in [0.05, 0.1) is 5.69 Å². The molecular weight excluding hydrogens is 376 g/mol. The molecule has 1 aliphatic carbocycles. The summed E-state index contributed by atoms with van der Waals surface area (Å²) in [4.78, 5) is 25.5. The van der Waals surface area contributed by atoms with Gasteiger partial charge in [-0.15, -0.1) is 0 Å². The topological polar surface area (TPSA) is 133 Å². The van der Waals surface area contributed by atoms with Crippen molar-refractivity contribution in [3.63, 3.8) is 0 Å². The van der Waals surface area contributed by atoms with Crippen molar-refractivity contribution in [1.29, 1.82) is 0 Å². The predicted octanol–water partition coefficient (Wildman–Crippen LogP) is 2.05. The highest BCUT2D eigenvalue weighted by Crippen LogP contribution is 2.43. The Labute approximate surface area is 168 Å².